The molecule has 1 amide bonds. The number of carbonyl (C=O) groups excluding carboxylic acids is 1. The lowest BCUT2D eigenvalue weighted by Crippen LogP contribution is -2.27. The first-order valence-corrected chi connectivity index (χ1v) is 6.44. The lowest BCUT2D eigenvalue weighted by molar-refractivity contribution is 0.0936. The van der Waals surface area contributed by atoms with Gasteiger partial charge in [0.25, 0.3) is 5.91 Å². The molecule has 0 radical (unpaired) electrons. The van der Waals surface area contributed by atoms with Crippen LogP contribution >= 0.6 is 0 Å². The van der Waals surface area contributed by atoms with Crippen LogP contribution in [0.15, 0.2) is 36.4 Å². The van der Waals surface area contributed by atoms with Crippen LogP contribution in [0.5, 0.6) is 5.75 Å². The highest BCUT2D eigenvalue weighted by molar-refractivity contribution is 5.97. The summed E-state index contributed by atoms with van der Waals surface area (Å²) in [5.41, 5.74) is 0.865. The van der Waals surface area contributed by atoms with E-state index >= 15 is 0 Å². The Kier molecular flexibility index (Phi) is 4.21. The number of phenolic OH excluding ortho intramolecular Hbond substituents is 1. The van der Waals surface area contributed by atoms with Crippen LogP contribution in [0.2, 0.25) is 0 Å². The average Bonchev–Trinajstić information content (AvgIpc) is 2.41. The normalized spacial score (nSPS) is 12.0. The fourth-order valence-corrected chi connectivity index (χ4v) is 2.05. The monoisotopic (exact) mass is 291 g/mol. The van der Waals surface area contributed by atoms with Gasteiger partial charge in [-0.1, -0.05) is 18.2 Å². The minimum absolute atomic E-state index is 0.109. The molecule has 110 valence electrons. The molecule has 21 heavy (non-hydrogen) atoms. The molecule has 2 aromatic rings. The standard InChI is InChI=1S/C16H15F2NO2/c1-9-4-3-5-13(15(9)20)16(21)19-10(2)12-7-6-11(17)8-14(12)18/h3-8,10,20H,1-2H3,(H,19,21). The highest BCUT2D eigenvalue weighted by atomic mass is 19.1. The first kappa shape index (κ1) is 15.0. The zero-order valence-corrected chi connectivity index (χ0v) is 11.7. The van der Waals surface area contributed by atoms with E-state index in [0.29, 0.717) is 5.56 Å². The SMILES string of the molecule is Cc1cccc(C(=O)NC(C)c2ccc(F)cc2F)c1O. The van der Waals surface area contributed by atoms with Crippen molar-refractivity contribution in [3.05, 3.63) is 64.7 Å². The Morgan fingerprint density at radius 3 is 2.62 bits per heavy atom. The van der Waals surface area contributed by atoms with E-state index in [1.54, 1.807) is 26.0 Å². The fraction of sp³-hybridized carbons (Fsp3) is 0.188. The lowest BCUT2D eigenvalue weighted by atomic mass is 10.1. The molecule has 0 saturated heterocycles. The molecule has 0 fully saturated rings. The molecule has 2 N–H and O–H groups in total. The summed E-state index contributed by atoms with van der Waals surface area (Å²) in [6, 6.07) is 7.32. The molecular weight excluding hydrogens is 276 g/mol. The molecule has 1 unspecified atom stereocenters. The van der Waals surface area contributed by atoms with Gasteiger partial charge in [0.15, 0.2) is 0 Å². The summed E-state index contributed by atoms with van der Waals surface area (Å²) in [5, 5.41) is 12.4. The summed E-state index contributed by atoms with van der Waals surface area (Å²) in [5.74, 6) is -2.03. The number of benzene rings is 2. The molecule has 1 atom stereocenters. The summed E-state index contributed by atoms with van der Waals surface area (Å²) < 4.78 is 26.5. The van der Waals surface area contributed by atoms with Crippen molar-refractivity contribution in [1.29, 1.82) is 0 Å². The number of nitrogens with one attached hydrogen (secondary N) is 1. The van der Waals surface area contributed by atoms with Crippen LogP contribution in [-0.2, 0) is 0 Å². The molecule has 5 heteroatoms. The van der Waals surface area contributed by atoms with Crippen LogP contribution in [0.1, 0.15) is 34.5 Å². The largest absolute Gasteiger partial charge is 0.507 e. The number of para-hydroxylation sites is 1. The first-order valence-electron chi connectivity index (χ1n) is 6.44. The predicted octanol–water partition coefficient (Wildman–Crippen LogP) is 3.47. The molecule has 0 saturated carbocycles. The first-order chi connectivity index (χ1) is 9.90. The summed E-state index contributed by atoms with van der Waals surface area (Å²) in [6.07, 6.45) is 0. The van der Waals surface area contributed by atoms with Gasteiger partial charge in [0, 0.05) is 11.6 Å². The van der Waals surface area contributed by atoms with Crippen LogP contribution in [0.25, 0.3) is 0 Å². The number of hydrogen-bond donors (Lipinski definition) is 2. The zero-order valence-electron chi connectivity index (χ0n) is 11.7. The highest BCUT2D eigenvalue weighted by Gasteiger charge is 2.18. The van der Waals surface area contributed by atoms with Crippen LogP contribution in [0, 0.1) is 18.6 Å². The third kappa shape index (κ3) is 3.18. The number of phenols is 1. The predicted molar refractivity (Wildman–Crippen MR) is 75.1 cm³/mol. The molecule has 3 nitrogen and oxygen atoms in total. The number of carbonyl (C=O) groups is 1. The second-order valence-electron chi connectivity index (χ2n) is 4.83. The number of aryl methyl sites for hydroxylation is 1. The van der Waals surface area contributed by atoms with E-state index < -0.39 is 23.6 Å². The Hall–Kier alpha value is -2.43. The van der Waals surface area contributed by atoms with Crippen molar-refractivity contribution in [2.75, 3.05) is 0 Å². The minimum Gasteiger partial charge on any atom is -0.507 e. The van der Waals surface area contributed by atoms with Crippen molar-refractivity contribution < 1.29 is 18.7 Å². The molecule has 0 bridgehead atoms. The minimum atomic E-state index is -0.726. The Bertz CT molecular complexity index is 686. The lowest BCUT2D eigenvalue weighted by Gasteiger charge is -2.16. The number of halogens is 2. The van der Waals surface area contributed by atoms with Gasteiger partial charge >= 0.3 is 0 Å². The van der Waals surface area contributed by atoms with E-state index in [4.69, 9.17) is 0 Å². The molecule has 0 aliphatic heterocycles. The van der Waals surface area contributed by atoms with Gasteiger partial charge in [0.2, 0.25) is 0 Å². The number of hydrogen-bond acceptors (Lipinski definition) is 2. The third-order valence-electron chi connectivity index (χ3n) is 3.26. The van der Waals surface area contributed by atoms with Crippen molar-refractivity contribution in [2.45, 2.75) is 19.9 Å². The molecule has 2 aromatic carbocycles. The Morgan fingerprint density at radius 1 is 1.24 bits per heavy atom. The van der Waals surface area contributed by atoms with Crippen molar-refractivity contribution >= 4 is 5.91 Å². The van der Waals surface area contributed by atoms with E-state index in [2.05, 4.69) is 5.32 Å². The quantitative estimate of drug-likeness (QED) is 0.909. The van der Waals surface area contributed by atoms with Gasteiger partial charge in [-0.25, -0.2) is 8.78 Å². The van der Waals surface area contributed by atoms with Gasteiger partial charge in [0.05, 0.1) is 11.6 Å². The topological polar surface area (TPSA) is 49.3 Å². The van der Waals surface area contributed by atoms with Crippen molar-refractivity contribution in [1.82, 2.24) is 5.32 Å². The fourth-order valence-electron chi connectivity index (χ4n) is 2.05. The van der Waals surface area contributed by atoms with Crippen LogP contribution in [0.3, 0.4) is 0 Å². The smallest absolute Gasteiger partial charge is 0.255 e. The number of amides is 1. The molecule has 0 aliphatic rings. The van der Waals surface area contributed by atoms with Crippen LogP contribution < -0.4 is 5.32 Å². The van der Waals surface area contributed by atoms with E-state index in [0.717, 1.165) is 12.1 Å². The summed E-state index contributed by atoms with van der Waals surface area (Å²) in [7, 11) is 0. The van der Waals surface area contributed by atoms with Crippen molar-refractivity contribution in [3.8, 4) is 5.75 Å². The summed E-state index contributed by atoms with van der Waals surface area (Å²) >= 11 is 0. The van der Waals surface area contributed by atoms with Crippen LogP contribution in [0.4, 0.5) is 8.78 Å². The molecule has 0 heterocycles. The Morgan fingerprint density at radius 2 is 1.95 bits per heavy atom. The molecule has 0 aromatic heterocycles. The maximum absolute atomic E-state index is 13.7. The molecule has 2 rings (SSSR count). The highest BCUT2D eigenvalue weighted by Crippen LogP contribution is 2.23. The second kappa shape index (κ2) is 5.91. The number of aromatic hydroxyl groups is 1. The van der Waals surface area contributed by atoms with E-state index in [1.165, 1.54) is 12.1 Å². The van der Waals surface area contributed by atoms with Gasteiger partial charge in [-0.15, -0.1) is 0 Å². The third-order valence-corrected chi connectivity index (χ3v) is 3.26. The molecule has 0 aliphatic carbocycles. The molecular formula is C16H15F2NO2. The van der Waals surface area contributed by atoms with Gasteiger partial charge in [-0.05, 0) is 31.5 Å². The van der Waals surface area contributed by atoms with E-state index in [9.17, 15) is 18.7 Å². The number of rotatable bonds is 3. The maximum Gasteiger partial charge on any atom is 0.255 e. The zero-order chi connectivity index (χ0) is 15.6. The second-order valence-corrected chi connectivity index (χ2v) is 4.83. The van der Waals surface area contributed by atoms with E-state index in [-0.39, 0.29) is 16.9 Å². The molecule has 0 spiro atoms. The summed E-state index contributed by atoms with van der Waals surface area (Å²) in [4.78, 5) is 12.1. The maximum atomic E-state index is 13.7. The summed E-state index contributed by atoms with van der Waals surface area (Å²) in [6.45, 7) is 3.26. The van der Waals surface area contributed by atoms with E-state index in [1.807, 2.05) is 0 Å². The van der Waals surface area contributed by atoms with Gasteiger partial charge in [-0.2, -0.15) is 0 Å². The van der Waals surface area contributed by atoms with Gasteiger partial charge in [0.1, 0.15) is 17.4 Å². The average molecular weight is 291 g/mol. The van der Waals surface area contributed by atoms with Crippen molar-refractivity contribution in [2.24, 2.45) is 0 Å². The Labute approximate surface area is 121 Å². The van der Waals surface area contributed by atoms with Gasteiger partial charge < -0.3 is 10.4 Å². The van der Waals surface area contributed by atoms with Crippen LogP contribution in [-0.4, -0.2) is 11.0 Å². The Balaban J connectivity index is 2.21. The van der Waals surface area contributed by atoms with Crippen molar-refractivity contribution in [3.63, 3.8) is 0 Å². The van der Waals surface area contributed by atoms with Gasteiger partial charge in [-0.3, -0.25) is 4.79 Å².